The highest BCUT2D eigenvalue weighted by atomic mass is 16.5. The monoisotopic (exact) mass is 829 g/mol. The van der Waals surface area contributed by atoms with Crippen LogP contribution in [0.15, 0.2) is 0 Å². The van der Waals surface area contributed by atoms with Gasteiger partial charge in [-0.2, -0.15) is 0 Å². The number of carboxylic acid groups (broad SMARTS) is 1. The van der Waals surface area contributed by atoms with Gasteiger partial charge in [-0.05, 0) is 166 Å². The van der Waals surface area contributed by atoms with Gasteiger partial charge in [0.05, 0.1) is 18.3 Å². The summed E-state index contributed by atoms with van der Waals surface area (Å²) in [5.74, 6) is 4.61. The Morgan fingerprint density at radius 1 is 0.750 bits per heavy atom. The second-order valence-electron chi connectivity index (χ2n) is 25.3. The molecule has 9 heteroatoms. The maximum atomic E-state index is 15.9. The van der Waals surface area contributed by atoms with Crippen LogP contribution in [0.3, 0.4) is 0 Å². The minimum atomic E-state index is -0.877. The van der Waals surface area contributed by atoms with Gasteiger partial charge in [-0.15, -0.1) is 10.2 Å². The summed E-state index contributed by atoms with van der Waals surface area (Å²) in [6.45, 7) is 25.6. The van der Waals surface area contributed by atoms with Crippen LogP contribution in [-0.2, 0) is 19.1 Å². The van der Waals surface area contributed by atoms with Crippen LogP contribution < -0.4 is 0 Å². The van der Waals surface area contributed by atoms with Crippen molar-refractivity contribution in [3.05, 3.63) is 11.6 Å². The van der Waals surface area contributed by atoms with Crippen molar-refractivity contribution < 1.29 is 24.2 Å². The van der Waals surface area contributed by atoms with Gasteiger partial charge in [0.25, 0.3) is 0 Å². The van der Waals surface area contributed by atoms with Crippen molar-refractivity contribution in [2.75, 3.05) is 0 Å². The molecule has 8 aliphatic rings. The third-order valence-electron chi connectivity index (χ3n) is 21.0. The number of nitrogens with zero attached hydrogens (tertiary/aromatic N) is 4. The van der Waals surface area contributed by atoms with Gasteiger partial charge >= 0.3 is 11.9 Å². The predicted molar refractivity (Wildman–Crippen MR) is 233 cm³/mol. The zero-order valence-corrected chi connectivity index (χ0v) is 39.4. The first-order chi connectivity index (χ1) is 28.0. The first-order valence-corrected chi connectivity index (χ1v) is 24.7. The maximum Gasteiger partial charge on any atom is 0.306 e. The number of carbonyl (C=O) groups excluding carboxylic acids is 2. The van der Waals surface area contributed by atoms with Crippen molar-refractivity contribution in [3.63, 3.8) is 0 Å². The smallest absolute Gasteiger partial charge is 0.306 e. The van der Waals surface area contributed by atoms with Crippen molar-refractivity contribution in [2.45, 2.75) is 222 Å². The fourth-order valence-electron chi connectivity index (χ4n) is 17.7. The largest absolute Gasteiger partial charge is 0.481 e. The van der Waals surface area contributed by atoms with Gasteiger partial charge < -0.3 is 19.3 Å². The number of piperidine rings is 1. The Morgan fingerprint density at radius 3 is 2.07 bits per heavy atom. The Labute approximate surface area is 361 Å². The van der Waals surface area contributed by atoms with E-state index in [9.17, 15) is 14.7 Å². The standard InChI is InChI=1S/C51H80N4O5/c1-30(2)43-53-52-31(3)54(43)34-26-32-12-13-33(27-34)55(32)44(59)51-21-16-35(47(8)22-23-47)42(51)36-14-15-38-48(9)19-18-39(60-41(58)29-45(4,5)28-40(56)57)46(6,7)37(48)17-20-50(38,11)49(36,10)24-25-51/h30,32-39,42H,12-29H2,1-11H3,(H,56,57)/t32-,33+,34-,35-,36-,37+,38-,39+,42-,48+,49-,50-,51+/m1/s1. The molecule has 9 nitrogen and oxygen atoms in total. The molecular weight excluding hydrogens is 749 g/mol. The van der Waals surface area contributed by atoms with Crippen molar-refractivity contribution in [1.29, 1.82) is 0 Å². The van der Waals surface area contributed by atoms with E-state index in [-0.39, 0.29) is 52.0 Å². The topological polar surface area (TPSA) is 115 Å². The molecule has 6 aliphatic carbocycles. The van der Waals surface area contributed by atoms with Crippen LogP contribution in [0.2, 0.25) is 0 Å². The molecule has 3 heterocycles. The number of esters is 1. The Morgan fingerprint density at radius 2 is 1.43 bits per heavy atom. The predicted octanol–water partition coefficient (Wildman–Crippen LogP) is 11.1. The van der Waals surface area contributed by atoms with Crippen molar-refractivity contribution in [3.8, 4) is 0 Å². The molecule has 1 aromatic rings. The van der Waals surface area contributed by atoms with Crippen LogP contribution in [0.5, 0.6) is 0 Å². The van der Waals surface area contributed by atoms with E-state index in [0.29, 0.717) is 65.0 Å². The Balaban J connectivity index is 0.974. The van der Waals surface area contributed by atoms with Gasteiger partial charge in [0.1, 0.15) is 17.8 Å². The molecule has 2 bridgehead atoms. The molecule has 0 aromatic carbocycles. The lowest BCUT2D eigenvalue weighted by atomic mass is 9.32. The van der Waals surface area contributed by atoms with E-state index in [0.717, 1.165) is 75.9 Å². The minimum absolute atomic E-state index is 0.0449. The summed E-state index contributed by atoms with van der Waals surface area (Å²) in [5, 5.41) is 18.6. The van der Waals surface area contributed by atoms with Crippen LogP contribution in [-0.4, -0.2) is 60.8 Å². The van der Waals surface area contributed by atoms with Crippen LogP contribution in [0.1, 0.15) is 208 Å². The number of fused-ring (bicyclic) bond motifs is 9. The Kier molecular flexibility index (Phi) is 10.0. The van der Waals surface area contributed by atoms with Gasteiger partial charge in [-0.25, -0.2) is 0 Å². The summed E-state index contributed by atoms with van der Waals surface area (Å²) >= 11 is 0. The molecule has 1 amide bonds. The van der Waals surface area contributed by atoms with E-state index in [1.807, 2.05) is 13.8 Å². The fourth-order valence-corrected chi connectivity index (χ4v) is 17.7. The molecule has 9 rings (SSSR count). The summed E-state index contributed by atoms with van der Waals surface area (Å²) in [6.07, 6.45) is 18.2. The van der Waals surface area contributed by atoms with Gasteiger partial charge in [-0.1, -0.05) is 69.2 Å². The third-order valence-corrected chi connectivity index (χ3v) is 21.0. The van der Waals surface area contributed by atoms with Crippen LogP contribution in [0.4, 0.5) is 0 Å². The van der Waals surface area contributed by atoms with Crippen molar-refractivity contribution >= 4 is 17.8 Å². The highest BCUT2D eigenvalue weighted by molar-refractivity contribution is 5.85. The van der Waals surface area contributed by atoms with E-state index < -0.39 is 11.4 Å². The Hall–Kier alpha value is -2.45. The van der Waals surface area contributed by atoms with E-state index >= 15 is 4.79 Å². The van der Waals surface area contributed by atoms with Crippen molar-refractivity contribution in [2.24, 2.45) is 67.5 Å². The molecule has 13 atom stereocenters. The first-order valence-electron chi connectivity index (χ1n) is 24.7. The lowest BCUT2D eigenvalue weighted by Crippen LogP contribution is -2.68. The molecule has 1 aromatic heterocycles. The lowest BCUT2D eigenvalue weighted by Gasteiger charge is -2.73. The highest BCUT2D eigenvalue weighted by Crippen LogP contribution is 2.79. The number of aliphatic carboxylic acids is 1. The zero-order valence-electron chi connectivity index (χ0n) is 39.4. The lowest BCUT2D eigenvalue weighted by molar-refractivity contribution is -0.252. The number of hydrogen-bond donors (Lipinski definition) is 1. The molecule has 2 saturated heterocycles. The molecule has 1 N–H and O–H groups in total. The SMILES string of the molecule is Cc1nnc(C(C)C)n1[C@@H]1C[C@H]2CC[C@@H](C1)N2C(=O)[C@]12CC[C@@H](C3(C)CC3)[C@@H]1[C@H]1CC[C@@H]3[C@@]4(C)CC[C@H](OC(=O)CC(C)(C)CC(=O)O)C(C)(C)[C@@H]4CC[C@@]3(C)[C@]1(C)CC2. The quantitative estimate of drug-likeness (QED) is 0.247. The first kappa shape index (κ1) is 42.8. The van der Waals surface area contributed by atoms with Crippen LogP contribution in [0, 0.1) is 74.4 Å². The summed E-state index contributed by atoms with van der Waals surface area (Å²) in [4.78, 5) is 43.2. The molecule has 0 unspecified atom stereocenters. The number of amides is 1. The number of ether oxygens (including phenoxy) is 1. The average Bonchev–Trinajstić information content (AvgIpc) is 3.45. The molecule has 6 saturated carbocycles. The van der Waals surface area contributed by atoms with Gasteiger partial charge in [0.2, 0.25) is 5.91 Å². The van der Waals surface area contributed by atoms with E-state index in [1.165, 1.54) is 38.5 Å². The molecule has 334 valence electrons. The second-order valence-corrected chi connectivity index (χ2v) is 25.3. The van der Waals surface area contributed by atoms with Gasteiger partial charge in [0, 0.05) is 29.5 Å². The van der Waals surface area contributed by atoms with Gasteiger partial charge in [-0.3, -0.25) is 14.4 Å². The number of aromatic nitrogens is 3. The van der Waals surface area contributed by atoms with Crippen LogP contribution in [0.25, 0.3) is 0 Å². The molecule has 0 radical (unpaired) electrons. The Bertz CT molecular complexity index is 1880. The number of carbonyl (C=O) groups is 3. The highest BCUT2D eigenvalue weighted by Gasteiger charge is 2.74. The molecular formula is C51H80N4O5. The zero-order chi connectivity index (χ0) is 43.2. The minimum Gasteiger partial charge on any atom is -0.481 e. The summed E-state index contributed by atoms with van der Waals surface area (Å²) in [7, 11) is 0. The fraction of sp³-hybridized carbons (Fsp3) is 0.902. The second kappa shape index (κ2) is 14.0. The number of hydrogen-bond acceptors (Lipinski definition) is 6. The van der Waals surface area contributed by atoms with E-state index in [1.54, 1.807) is 0 Å². The van der Waals surface area contributed by atoms with Crippen LogP contribution >= 0.6 is 0 Å². The molecule has 2 aliphatic heterocycles. The maximum absolute atomic E-state index is 15.9. The van der Waals surface area contributed by atoms with Gasteiger partial charge in [0.15, 0.2) is 0 Å². The third kappa shape index (κ3) is 6.18. The number of rotatable bonds is 9. The summed E-state index contributed by atoms with van der Waals surface area (Å²) in [5.41, 5.74) is -0.116. The normalized spacial score (nSPS) is 43.7. The average molecular weight is 829 g/mol. The van der Waals surface area contributed by atoms with E-state index in [2.05, 4.69) is 82.0 Å². The molecule has 0 spiro atoms. The van der Waals surface area contributed by atoms with Crippen molar-refractivity contribution in [1.82, 2.24) is 19.7 Å². The number of carboxylic acids is 1. The number of aryl methyl sites for hydroxylation is 1. The molecule has 60 heavy (non-hydrogen) atoms. The van der Waals surface area contributed by atoms with E-state index in [4.69, 9.17) is 4.74 Å². The molecule has 8 fully saturated rings. The summed E-state index contributed by atoms with van der Waals surface area (Å²) in [6, 6.07) is 1.01. The summed E-state index contributed by atoms with van der Waals surface area (Å²) < 4.78 is 8.79.